The van der Waals surface area contributed by atoms with Crippen LogP contribution in [0.5, 0.6) is 0 Å². The van der Waals surface area contributed by atoms with Gasteiger partial charge in [-0.2, -0.15) is 0 Å². The molecule has 30 heteroatoms. The fraction of sp³-hybridized carbons (Fsp3) is 0.966. The third-order valence-corrected chi connectivity index (χ3v) is 22.6. The molecule has 0 aromatic carbocycles. The van der Waals surface area contributed by atoms with Gasteiger partial charge in [0.2, 0.25) is 10.4 Å². The van der Waals surface area contributed by atoms with Gasteiger partial charge in [0.15, 0.2) is 31.5 Å². The summed E-state index contributed by atoms with van der Waals surface area (Å²) < 4.78 is 109. The molecule has 37 atom stereocenters. The molecule has 0 radical (unpaired) electrons. The second-order valence-electron chi connectivity index (χ2n) is 27.8. The number of ether oxygens (including phenoxy) is 11. The Labute approximate surface area is 535 Å². The number of hydrogen-bond acceptors (Lipinski definition) is 28. The van der Waals surface area contributed by atoms with Gasteiger partial charge in [-0.3, -0.25) is 4.18 Å². The first-order valence-corrected chi connectivity index (χ1v) is 32.3. The minimum atomic E-state index is -5.15. The topological polar surface area (TPSA) is 434 Å². The first-order valence-electron chi connectivity index (χ1n) is 31.0. The van der Waals surface area contributed by atoms with E-state index in [2.05, 4.69) is 40.7 Å². The van der Waals surface area contributed by atoms with Crippen molar-refractivity contribution < 1.29 is 165 Å². The molecule has 10 aliphatic rings. The maximum atomic E-state index is 12.5. The van der Waals surface area contributed by atoms with Crippen LogP contribution in [0.25, 0.3) is 0 Å². The summed E-state index contributed by atoms with van der Waals surface area (Å²) in [5.41, 5.74) is -1.10. The Kier molecular flexibility index (Phi) is 22.3. The molecule has 28 nitrogen and oxygen atoms in total. The van der Waals surface area contributed by atoms with Gasteiger partial charge in [0.05, 0.1) is 54.9 Å². The van der Waals surface area contributed by atoms with E-state index in [0.717, 1.165) is 12.0 Å². The maximum Gasteiger partial charge on any atom is 1.00 e. The number of hydrogen-bond donors (Lipinski definition) is 13. The molecule has 18 unspecified atom stereocenters. The summed E-state index contributed by atoms with van der Waals surface area (Å²) in [6.45, 7) is 17.3. The van der Waals surface area contributed by atoms with Crippen molar-refractivity contribution in [1.82, 2.24) is 0 Å². The number of allylic oxidation sites excluding steroid dienone is 2. The van der Waals surface area contributed by atoms with Gasteiger partial charge in [0.1, 0.15) is 104 Å². The molecular formula is C58H95NaO28S. The van der Waals surface area contributed by atoms with Crippen LogP contribution in [0.3, 0.4) is 0 Å². The zero-order chi connectivity index (χ0) is 63.6. The first-order chi connectivity index (χ1) is 40.6. The first kappa shape index (κ1) is 71.9. The summed E-state index contributed by atoms with van der Waals surface area (Å²) in [6.07, 6.45) is -39.3. The van der Waals surface area contributed by atoms with Crippen LogP contribution in [-0.4, -0.2) is 270 Å². The molecule has 88 heavy (non-hydrogen) atoms. The molecule has 0 bridgehead atoms. The van der Waals surface area contributed by atoms with Gasteiger partial charge in [0.25, 0.3) is 0 Å². The van der Waals surface area contributed by atoms with Gasteiger partial charge in [-0.1, -0.05) is 46.3 Å². The predicted molar refractivity (Wildman–Crippen MR) is 292 cm³/mol. The molecule has 502 valence electrons. The molecule has 0 spiro atoms. The number of aliphatic hydroxyl groups is 13. The third-order valence-electron chi connectivity index (χ3n) is 22.1. The molecule has 6 heterocycles. The zero-order valence-electron chi connectivity index (χ0n) is 51.8. The fourth-order valence-electron chi connectivity index (χ4n) is 16.5. The number of rotatable bonds is 17. The largest absolute Gasteiger partial charge is 1.00 e. The summed E-state index contributed by atoms with van der Waals surface area (Å²) in [7, 11) is -5.15. The SMILES string of the molecule is CC1O[C@@H](OC2C(O)[C@H](O[C@@H]3OC(C)[C@H](O)C(O)C3O[C@@H]3OC(C)[C@H](O)C(O)C3O)C(C)O[C@H]2OC2C(O)[C@H](O[C@H]3CC4C(=CC[C@@]5(C)C4CC[C@@H]5[C@@](C)(O)[C@@H]4O[C@H]4[C@@H](C)C(C)C)[C@@]4(C)CC[C@H](OS(=O)(=O)[O-])CC34)OC(CO)[C@H]2O)C(O)C(O)[C@@H]1O.[Na+]. The number of fused-ring (bicyclic) bond motifs is 5. The second kappa shape index (κ2) is 27.3. The molecule has 6 saturated heterocycles. The van der Waals surface area contributed by atoms with E-state index in [1.165, 1.54) is 27.7 Å². The summed E-state index contributed by atoms with van der Waals surface area (Å²) >= 11 is 0. The summed E-state index contributed by atoms with van der Waals surface area (Å²) in [5.74, 6) is -0.278. The van der Waals surface area contributed by atoms with E-state index in [-0.39, 0.29) is 78.3 Å². The molecule has 13 N–H and O–H groups in total. The average molecular weight is 1300 g/mol. The van der Waals surface area contributed by atoms with Crippen molar-refractivity contribution in [3.63, 3.8) is 0 Å². The standard InChI is InChI=1S/C58H96O28S.Na/c1-20(2)21(3)45-50(81-45)58(10,71)33-12-11-28-27-18-31(30-17-26(86-87(72,73)74)13-15-56(30,8)29(27)14-16-57(28,33)9)79-53-44(70)47(37(63)32(19-59)80-53)83-55-49(85-52-42(68)39(65)35(61)23(5)76-52)43(69)46(25(7)78-55)82-54-48(40(66)36(62)24(6)77-54)84-51-41(67)38(64)34(60)22(4)75-51;/h14,20-28,30-55,59-71H,11-13,15-19H2,1-10H3,(H,72,73,74);/q;+1/p-1/t21-,22?,23?,24?,25?,26-,27?,28?,30?,31-,32?,33-,34-,35+,36-,37+,38?,39?,40?,41?,42?,43?,44?,45-,46+,47?,48?,49?,50+,51-,52-,53+,54-,55-,56+,57-,58+;/m0./s1. The molecular weight excluding hydrogens is 1200 g/mol. The third kappa shape index (κ3) is 13.4. The van der Waals surface area contributed by atoms with Crippen molar-refractivity contribution in [2.75, 3.05) is 6.61 Å². The molecule has 0 amide bonds. The van der Waals surface area contributed by atoms with Gasteiger partial charge in [-0.25, -0.2) is 8.42 Å². The molecule has 10 rings (SSSR count). The van der Waals surface area contributed by atoms with Crippen molar-refractivity contribution in [1.29, 1.82) is 0 Å². The maximum absolute atomic E-state index is 12.5. The van der Waals surface area contributed by atoms with Gasteiger partial charge >= 0.3 is 29.6 Å². The van der Waals surface area contributed by atoms with Crippen molar-refractivity contribution in [3.8, 4) is 0 Å². The average Bonchev–Trinajstić information content (AvgIpc) is 1.58. The molecule has 0 aromatic heterocycles. The van der Waals surface area contributed by atoms with E-state index in [1.54, 1.807) is 0 Å². The Bertz CT molecular complexity index is 2500. The zero-order valence-corrected chi connectivity index (χ0v) is 54.6. The van der Waals surface area contributed by atoms with Crippen LogP contribution in [0.15, 0.2) is 11.6 Å². The summed E-state index contributed by atoms with van der Waals surface area (Å²) in [6, 6.07) is 0. The number of epoxide rings is 1. The van der Waals surface area contributed by atoms with E-state index in [9.17, 15) is 79.4 Å². The van der Waals surface area contributed by atoms with E-state index in [4.69, 9.17) is 56.3 Å². The van der Waals surface area contributed by atoms with Gasteiger partial charge < -0.3 is 123 Å². The Morgan fingerprint density at radius 1 is 0.602 bits per heavy atom. The van der Waals surface area contributed by atoms with E-state index >= 15 is 0 Å². The fourth-order valence-corrected chi connectivity index (χ4v) is 17.0. The Morgan fingerprint density at radius 2 is 1.11 bits per heavy atom. The molecule has 9 fully saturated rings. The van der Waals surface area contributed by atoms with Crippen LogP contribution in [0.1, 0.15) is 114 Å². The Balaban J connectivity index is 0.00000922. The minimum Gasteiger partial charge on any atom is -0.726 e. The van der Waals surface area contributed by atoms with Crippen LogP contribution in [0, 0.1) is 46.3 Å². The summed E-state index contributed by atoms with van der Waals surface area (Å²) in [5, 5.41) is 147. The van der Waals surface area contributed by atoms with Crippen molar-refractivity contribution in [2.45, 2.75) is 298 Å². The van der Waals surface area contributed by atoms with Crippen LogP contribution in [0.4, 0.5) is 0 Å². The summed E-state index contributed by atoms with van der Waals surface area (Å²) in [4.78, 5) is 0. The molecule has 4 aliphatic carbocycles. The molecule has 0 aromatic rings. The molecule has 6 aliphatic heterocycles. The monoisotopic (exact) mass is 1290 g/mol. The Morgan fingerprint density at radius 3 is 1.67 bits per heavy atom. The van der Waals surface area contributed by atoms with Crippen LogP contribution in [-0.2, 0) is 66.7 Å². The van der Waals surface area contributed by atoms with Crippen LogP contribution >= 0.6 is 0 Å². The Hall–Kier alpha value is -0.350. The van der Waals surface area contributed by atoms with Gasteiger partial charge in [-0.05, 0) is 126 Å². The van der Waals surface area contributed by atoms with E-state index < -0.39 is 205 Å². The second-order valence-corrected chi connectivity index (χ2v) is 28.8. The predicted octanol–water partition coefficient (Wildman–Crippen LogP) is -5.57. The smallest absolute Gasteiger partial charge is 0.726 e. The van der Waals surface area contributed by atoms with Crippen molar-refractivity contribution in [3.05, 3.63) is 11.6 Å². The van der Waals surface area contributed by atoms with Crippen molar-refractivity contribution in [2.24, 2.45) is 46.3 Å². The van der Waals surface area contributed by atoms with Gasteiger partial charge in [0, 0.05) is 0 Å². The van der Waals surface area contributed by atoms with Crippen LogP contribution in [0.2, 0.25) is 0 Å². The van der Waals surface area contributed by atoms with Crippen molar-refractivity contribution >= 4 is 10.4 Å². The van der Waals surface area contributed by atoms with E-state index in [0.29, 0.717) is 31.6 Å². The van der Waals surface area contributed by atoms with Gasteiger partial charge in [-0.15, -0.1) is 0 Å². The minimum absolute atomic E-state index is 0. The molecule has 3 saturated carbocycles. The van der Waals surface area contributed by atoms with E-state index in [1.807, 2.05) is 6.92 Å². The normalized spacial score (nSPS) is 53.4. The quantitative estimate of drug-likeness (QED) is 0.0212. The van der Waals surface area contributed by atoms with Crippen LogP contribution < -0.4 is 29.6 Å². The number of aliphatic hydroxyl groups excluding tert-OH is 12.